The lowest BCUT2D eigenvalue weighted by Gasteiger charge is -2.54. The molecule has 7 heteroatoms. The smallest absolute Gasteiger partial charge is 0.335 e. The lowest BCUT2D eigenvalue weighted by molar-refractivity contribution is -0.112. The number of amides is 1. The molecule has 0 spiro atoms. The van der Waals surface area contributed by atoms with Gasteiger partial charge in [-0.3, -0.25) is 4.79 Å². The maximum atomic E-state index is 12.6. The van der Waals surface area contributed by atoms with Crippen molar-refractivity contribution in [2.45, 2.75) is 57.7 Å². The number of carbonyl (C=O) groups excluding carboxylic acids is 1. The van der Waals surface area contributed by atoms with Crippen LogP contribution in [0.1, 0.15) is 50.9 Å². The van der Waals surface area contributed by atoms with E-state index in [0.29, 0.717) is 5.69 Å². The van der Waals surface area contributed by atoms with Gasteiger partial charge >= 0.3 is 5.97 Å². The van der Waals surface area contributed by atoms with Crippen LogP contribution in [-0.4, -0.2) is 39.0 Å². The molecule has 27 heavy (non-hydrogen) atoms. The minimum absolute atomic E-state index is 0.0488. The number of likely N-dealkylation sites (tertiary alicyclic amines) is 1. The summed E-state index contributed by atoms with van der Waals surface area (Å²) in [7, 11) is 0. The Morgan fingerprint density at radius 2 is 1.89 bits per heavy atom. The van der Waals surface area contributed by atoms with Gasteiger partial charge in [-0.25, -0.2) is 4.79 Å². The van der Waals surface area contributed by atoms with Gasteiger partial charge in [0.05, 0.1) is 5.56 Å². The molecular weight excluding hydrogens is 344 g/mol. The quantitative estimate of drug-likeness (QED) is 0.554. The zero-order valence-electron chi connectivity index (χ0n) is 16.1. The highest BCUT2D eigenvalue weighted by Crippen LogP contribution is 2.38. The number of rotatable bonds is 4. The summed E-state index contributed by atoms with van der Waals surface area (Å²) in [5, 5.41) is 21.2. The van der Waals surface area contributed by atoms with Crippen LogP contribution < -0.4 is 11.1 Å². The standard InChI is InChI=1S/C20H26N4O3/c1-19(2)9-15(22)10-20(3,4)24(19)12-14(11-21)17(25)23-16-7-5-6-13(8-16)18(26)27/h5-8,12,15H,9-10,22H2,1-4H3,(H,23,25)(H,26,27)/b14-12-. The van der Waals surface area contributed by atoms with E-state index in [9.17, 15) is 14.9 Å². The van der Waals surface area contributed by atoms with E-state index in [1.54, 1.807) is 12.3 Å². The Labute approximate surface area is 159 Å². The van der Waals surface area contributed by atoms with Crippen LogP contribution in [0.5, 0.6) is 0 Å². The number of benzene rings is 1. The molecule has 0 aromatic heterocycles. The van der Waals surface area contributed by atoms with Gasteiger partial charge in [-0.1, -0.05) is 6.07 Å². The monoisotopic (exact) mass is 370 g/mol. The molecule has 0 radical (unpaired) electrons. The molecule has 7 nitrogen and oxygen atoms in total. The van der Waals surface area contributed by atoms with E-state index in [0.717, 1.165) is 12.8 Å². The number of carbonyl (C=O) groups is 2. The fourth-order valence-corrected chi connectivity index (χ4v) is 3.92. The molecule has 0 atom stereocenters. The normalized spacial score (nSPS) is 19.3. The van der Waals surface area contributed by atoms with E-state index < -0.39 is 11.9 Å². The molecule has 2 rings (SSSR count). The first-order valence-electron chi connectivity index (χ1n) is 8.78. The average molecular weight is 370 g/mol. The molecule has 1 heterocycles. The average Bonchev–Trinajstić information content (AvgIpc) is 2.52. The van der Waals surface area contributed by atoms with E-state index in [4.69, 9.17) is 10.8 Å². The number of nitriles is 1. The second-order valence-electron chi connectivity index (χ2n) is 8.16. The van der Waals surface area contributed by atoms with Crippen LogP contribution >= 0.6 is 0 Å². The predicted molar refractivity (Wildman–Crippen MR) is 103 cm³/mol. The molecule has 4 N–H and O–H groups in total. The van der Waals surface area contributed by atoms with Gasteiger partial charge in [0.25, 0.3) is 5.91 Å². The Hall–Kier alpha value is -2.85. The fraction of sp³-hybridized carbons (Fsp3) is 0.450. The van der Waals surface area contributed by atoms with Crippen molar-refractivity contribution in [2.75, 3.05) is 5.32 Å². The predicted octanol–water partition coefficient (Wildman–Crippen LogP) is 2.71. The second kappa shape index (κ2) is 7.41. The maximum absolute atomic E-state index is 12.6. The highest BCUT2D eigenvalue weighted by Gasteiger charge is 2.43. The third-order valence-corrected chi connectivity index (χ3v) is 4.82. The number of aromatic carboxylic acids is 1. The molecule has 0 saturated carbocycles. The Balaban J connectivity index is 2.29. The Morgan fingerprint density at radius 1 is 1.30 bits per heavy atom. The van der Waals surface area contributed by atoms with Crippen LogP contribution in [-0.2, 0) is 4.79 Å². The van der Waals surface area contributed by atoms with Crippen molar-refractivity contribution in [1.29, 1.82) is 5.26 Å². The number of anilines is 1. The van der Waals surface area contributed by atoms with E-state index in [2.05, 4.69) is 5.32 Å². The Bertz CT molecular complexity index is 803. The maximum Gasteiger partial charge on any atom is 0.335 e. The zero-order valence-corrected chi connectivity index (χ0v) is 16.1. The number of nitrogens with zero attached hydrogens (tertiary/aromatic N) is 2. The van der Waals surface area contributed by atoms with Crippen LogP contribution in [0.25, 0.3) is 0 Å². The topological polar surface area (TPSA) is 119 Å². The van der Waals surface area contributed by atoms with Gasteiger partial charge < -0.3 is 21.1 Å². The number of hydrogen-bond acceptors (Lipinski definition) is 5. The largest absolute Gasteiger partial charge is 0.478 e. The van der Waals surface area contributed by atoms with Gasteiger partial charge in [0.2, 0.25) is 0 Å². The lowest BCUT2D eigenvalue weighted by Crippen LogP contribution is -2.61. The summed E-state index contributed by atoms with van der Waals surface area (Å²) < 4.78 is 0. The number of nitrogens with one attached hydrogen (secondary N) is 1. The van der Waals surface area contributed by atoms with Crippen LogP contribution in [0.3, 0.4) is 0 Å². The minimum Gasteiger partial charge on any atom is -0.478 e. The second-order valence-corrected chi connectivity index (χ2v) is 8.16. The minimum atomic E-state index is -1.09. The molecule has 0 unspecified atom stereocenters. The molecule has 0 bridgehead atoms. The van der Waals surface area contributed by atoms with Crippen molar-refractivity contribution in [3.63, 3.8) is 0 Å². The van der Waals surface area contributed by atoms with Crippen LogP contribution in [0, 0.1) is 11.3 Å². The van der Waals surface area contributed by atoms with E-state index in [1.807, 2.05) is 38.7 Å². The van der Waals surface area contributed by atoms with Crippen molar-refractivity contribution in [1.82, 2.24) is 4.90 Å². The summed E-state index contributed by atoms with van der Waals surface area (Å²) in [6.07, 6.45) is 3.07. The van der Waals surface area contributed by atoms with Crippen LogP contribution in [0.4, 0.5) is 5.69 Å². The first-order valence-corrected chi connectivity index (χ1v) is 8.78. The number of carboxylic acid groups (broad SMARTS) is 1. The summed E-state index contributed by atoms with van der Waals surface area (Å²) in [6.45, 7) is 8.14. The molecule has 1 aromatic carbocycles. The summed E-state index contributed by atoms with van der Waals surface area (Å²) in [5.74, 6) is -1.67. The zero-order chi connectivity index (χ0) is 20.4. The summed E-state index contributed by atoms with van der Waals surface area (Å²) in [4.78, 5) is 25.7. The van der Waals surface area contributed by atoms with Gasteiger partial charge in [-0.2, -0.15) is 5.26 Å². The number of carboxylic acids is 1. The summed E-state index contributed by atoms with van der Waals surface area (Å²) in [6, 6.07) is 7.90. The van der Waals surface area contributed by atoms with E-state index in [1.165, 1.54) is 18.2 Å². The van der Waals surface area contributed by atoms with Gasteiger partial charge in [0, 0.05) is 29.0 Å². The molecular formula is C20H26N4O3. The van der Waals surface area contributed by atoms with Gasteiger partial charge in [0.15, 0.2) is 0 Å². The SMILES string of the molecule is CC1(C)CC(N)CC(C)(C)N1/C=C(/C#N)C(=O)Nc1cccc(C(=O)O)c1. The van der Waals surface area contributed by atoms with Gasteiger partial charge in [0.1, 0.15) is 11.6 Å². The van der Waals surface area contributed by atoms with Crippen molar-refractivity contribution in [2.24, 2.45) is 5.73 Å². The molecule has 1 aliphatic rings. The molecule has 144 valence electrons. The molecule has 1 aromatic rings. The Morgan fingerprint density at radius 3 is 2.41 bits per heavy atom. The highest BCUT2D eigenvalue weighted by atomic mass is 16.4. The van der Waals surface area contributed by atoms with Crippen molar-refractivity contribution < 1.29 is 14.7 Å². The van der Waals surface area contributed by atoms with E-state index in [-0.39, 0.29) is 28.3 Å². The van der Waals surface area contributed by atoms with Crippen LogP contribution in [0.2, 0.25) is 0 Å². The van der Waals surface area contributed by atoms with Crippen molar-refractivity contribution >= 4 is 17.6 Å². The third-order valence-electron chi connectivity index (χ3n) is 4.82. The first-order chi connectivity index (χ1) is 12.5. The molecule has 1 saturated heterocycles. The molecule has 0 aliphatic carbocycles. The third kappa shape index (κ3) is 4.66. The Kier molecular flexibility index (Phi) is 5.62. The summed E-state index contributed by atoms with van der Waals surface area (Å²) in [5.41, 5.74) is 5.88. The lowest BCUT2D eigenvalue weighted by atomic mass is 9.77. The van der Waals surface area contributed by atoms with Crippen molar-refractivity contribution in [3.8, 4) is 6.07 Å². The molecule has 1 aliphatic heterocycles. The summed E-state index contributed by atoms with van der Waals surface area (Å²) >= 11 is 0. The number of piperidine rings is 1. The fourth-order valence-electron chi connectivity index (χ4n) is 3.92. The number of hydrogen-bond donors (Lipinski definition) is 3. The first kappa shape index (κ1) is 20.5. The van der Waals surface area contributed by atoms with Crippen molar-refractivity contribution in [3.05, 3.63) is 41.6 Å². The highest BCUT2D eigenvalue weighted by molar-refractivity contribution is 6.06. The van der Waals surface area contributed by atoms with Gasteiger partial charge in [-0.15, -0.1) is 0 Å². The van der Waals surface area contributed by atoms with E-state index >= 15 is 0 Å². The van der Waals surface area contributed by atoms with Crippen LogP contribution in [0.15, 0.2) is 36.0 Å². The van der Waals surface area contributed by atoms with Gasteiger partial charge in [-0.05, 0) is 58.7 Å². The number of nitrogens with two attached hydrogens (primary N) is 1. The molecule has 1 amide bonds. The molecule has 1 fully saturated rings.